The normalized spacial score (nSPS) is 10.2. The van der Waals surface area contributed by atoms with Crippen LogP contribution in [0.4, 0.5) is 4.39 Å². The van der Waals surface area contributed by atoms with Gasteiger partial charge in [0.05, 0.1) is 11.6 Å². The van der Waals surface area contributed by atoms with Gasteiger partial charge in [0, 0.05) is 18.7 Å². The molecule has 27 heavy (non-hydrogen) atoms. The molecule has 3 rings (SSSR count). The molecule has 0 unspecified atom stereocenters. The van der Waals surface area contributed by atoms with Gasteiger partial charge in [0.15, 0.2) is 5.76 Å². The van der Waals surface area contributed by atoms with E-state index in [-0.39, 0.29) is 17.5 Å². The summed E-state index contributed by atoms with van der Waals surface area (Å²) in [4.78, 5) is 14.4. The minimum absolute atomic E-state index is 0.199. The Kier molecular flexibility index (Phi) is 5.48. The monoisotopic (exact) mass is 360 g/mol. The Hall–Kier alpha value is -3.65. The van der Waals surface area contributed by atoms with Crippen molar-refractivity contribution >= 4 is 5.91 Å². The van der Waals surface area contributed by atoms with E-state index in [1.54, 1.807) is 47.4 Å². The van der Waals surface area contributed by atoms with E-state index in [1.165, 1.54) is 12.1 Å². The number of hydrogen-bond acceptors (Lipinski definition) is 3. The van der Waals surface area contributed by atoms with Gasteiger partial charge in [-0.1, -0.05) is 18.2 Å². The van der Waals surface area contributed by atoms with Gasteiger partial charge < -0.3 is 9.32 Å². The maximum atomic E-state index is 13.1. The van der Waals surface area contributed by atoms with E-state index in [4.69, 9.17) is 9.68 Å². The van der Waals surface area contributed by atoms with Crippen LogP contribution in [0.1, 0.15) is 21.7 Å². The van der Waals surface area contributed by atoms with Crippen molar-refractivity contribution in [2.75, 3.05) is 6.54 Å². The fourth-order valence-electron chi connectivity index (χ4n) is 2.66. The predicted molar refractivity (Wildman–Crippen MR) is 100 cm³/mol. The topological polar surface area (TPSA) is 57.2 Å². The number of halogens is 1. The summed E-state index contributed by atoms with van der Waals surface area (Å²) < 4.78 is 18.7. The number of rotatable bonds is 6. The summed E-state index contributed by atoms with van der Waals surface area (Å²) in [7, 11) is 0. The third kappa shape index (κ3) is 4.31. The fourth-order valence-corrected chi connectivity index (χ4v) is 2.66. The van der Waals surface area contributed by atoms with Crippen molar-refractivity contribution in [3.8, 4) is 17.4 Å². The van der Waals surface area contributed by atoms with Gasteiger partial charge in [-0.2, -0.15) is 5.26 Å². The first kappa shape index (κ1) is 18.2. The number of nitriles is 1. The molecule has 0 N–H and O–H groups in total. The first-order valence-electron chi connectivity index (χ1n) is 8.35. The van der Waals surface area contributed by atoms with Gasteiger partial charge in [0.1, 0.15) is 11.6 Å². The molecular weight excluding hydrogens is 343 g/mol. The number of furan rings is 1. The molecule has 2 aromatic carbocycles. The standard InChI is InChI=1S/C22H17FN2O2/c1-2-13-25(15-17-5-3-16(14-24)4-6-17)22(26)21-12-11-20(27-21)18-7-9-19(23)10-8-18/h2-12H,1,13,15H2. The van der Waals surface area contributed by atoms with E-state index in [2.05, 4.69) is 12.6 Å². The lowest BCUT2D eigenvalue weighted by Crippen LogP contribution is -2.30. The molecule has 1 heterocycles. The van der Waals surface area contributed by atoms with Gasteiger partial charge in [-0.3, -0.25) is 4.79 Å². The maximum absolute atomic E-state index is 13.1. The molecule has 3 aromatic rings. The van der Waals surface area contributed by atoms with Crippen LogP contribution in [0.5, 0.6) is 0 Å². The molecule has 0 fully saturated rings. The van der Waals surface area contributed by atoms with Crippen LogP contribution in [0.3, 0.4) is 0 Å². The second-order valence-electron chi connectivity index (χ2n) is 5.95. The average Bonchev–Trinajstić information content (AvgIpc) is 3.18. The van der Waals surface area contributed by atoms with Crippen LogP contribution >= 0.6 is 0 Å². The Morgan fingerprint density at radius 3 is 2.44 bits per heavy atom. The van der Waals surface area contributed by atoms with E-state index in [0.717, 1.165) is 5.56 Å². The lowest BCUT2D eigenvalue weighted by molar-refractivity contribution is 0.0731. The molecule has 1 aromatic heterocycles. The van der Waals surface area contributed by atoms with Crippen LogP contribution in [0.2, 0.25) is 0 Å². The van der Waals surface area contributed by atoms with Crippen LogP contribution in [-0.2, 0) is 6.54 Å². The number of carbonyl (C=O) groups excluding carboxylic acids is 1. The molecule has 0 aliphatic heterocycles. The van der Waals surface area contributed by atoms with E-state index in [1.807, 2.05) is 12.1 Å². The van der Waals surface area contributed by atoms with Crippen LogP contribution in [0.25, 0.3) is 11.3 Å². The molecule has 0 atom stereocenters. The zero-order valence-corrected chi connectivity index (χ0v) is 14.6. The molecule has 0 radical (unpaired) electrons. The largest absolute Gasteiger partial charge is 0.451 e. The summed E-state index contributed by atoms with van der Waals surface area (Å²) in [5, 5.41) is 8.88. The molecular formula is C22H17FN2O2. The lowest BCUT2D eigenvalue weighted by atomic mass is 10.1. The molecule has 5 heteroatoms. The SMILES string of the molecule is C=CCN(Cc1ccc(C#N)cc1)C(=O)c1ccc(-c2ccc(F)cc2)o1. The van der Waals surface area contributed by atoms with Gasteiger partial charge in [-0.25, -0.2) is 4.39 Å². The van der Waals surface area contributed by atoms with Gasteiger partial charge >= 0.3 is 0 Å². The molecule has 0 aliphatic carbocycles. The van der Waals surface area contributed by atoms with E-state index in [0.29, 0.717) is 30.0 Å². The molecule has 0 bridgehead atoms. The van der Waals surface area contributed by atoms with Crippen LogP contribution in [0.15, 0.2) is 77.7 Å². The van der Waals surface area contributed by atoms with Crippen molar-refractivity contribution in [3.63, 3.8) is 0 Å². The molecule has 0 saturated carbocycles. The maximum Gasteiger partial charge on any atom is 0.290 e. The molecule has 0 saturated heterocycles. The smallest absolute Gasteiger partial charge is 0.290 e. The lowest BCUT2D eigenvalue weighted by Gasteiger charge is -2.20. The summed E-state index contributed by atoms with van der Waals surface area (Å²) in [6.07, 6.45) is 1.64. The molecule has 134 valence electrons. The highest BCUT2D eigenvalue weighted by molar-refractivity contribution is 5.92. The van der Waals surface area contributed by atoms with Crippen molar-refractivity contribution < 1.29 is 13.6 Å². The Balaban J connectivity index is 1.79. The average molecular weight is 360 g/mol. The summed E-state index contributed by atoms with van der Waals surface area (Å²) in [6, 6.07) is 18.3. The third-order valence-electron chi connectivity index (χ3n) is 4.04. The number of nitrogens with zero attached hydrogens (tertiary/aromatic N) is 2. The summed E-state index contributed by atoms with van der Waals surface area (Å²) in [6.45, 7) is 4.42. The third-order valence-corrected chi connectivity index (χ3v) is 4.04. The first-order valence-corrected chi connectivity index (χ1v) is 8.35. The quantitative estimate of drug-likeness (QED) is 0.594. The van der Waals surface area contributed by atoms with Gasteiger partial charge in [0.2, 0.25) is 0 Å². The summed E-state index contributed by atoms with van der Waals surface area (Å²) >= 11 is 0. The van der Waals surface area contributed by atoms with Crippen molar-refractivity contribution in [1.29, 1.82) is 5.26 Å². The van der Waals surface area contributed by atoms with E-state index >= 15 is 0 Å². The predicted octanol–water partition coefficient (Wildman–Crippen LogP) is 4.79. The molecule has 1 amide bonds. The van der Waals surface area contributed by atoms with Gasteiger partial charge in [-0.15, -0.1) is 6.58 Å². The highest BCUT2D eigenvalue weighted by Gasteiger charge is 2.19. The minimum Gasteiger partial charge on any atom is -0.451 e. The van der Waals surface area contributed by atoms with Crippen molar-refractivity contribution in [1.82, 2.24) is 4.90 Å². The molecule has 0 spiro atoms. The second-order valence-corrected chi connectivity index (χ2v) is 5.95. The zero-order valence-electron chi connectivity index (χ0n) is 14.6. The van der Waals surface area contributed by atoms with Crippen LogP contribution < -0.4 is 0 Å². The highest BCUT2D eigenvalue weighted by atomic mass is 19.1. The summed E-state index contributed by atoms with van der Waals surface area (Å²) in [5.41, 5.74) is 2.16. The zero-order chi connectivity index (χ0) is 19.2. The van der Waals surface area contributed by atoms with E-state index in [9.17, 15) is 9.18 Å². The number of hydrogen-bond donors (Lipinski definition) is 0. The van der Waals surface area contributed by atoms with E-state index < -0.39 is 0 Å². The van der Waals surface area contributed by atoms with Gasteiger partial charge in [-0.05, 0) is 54.1 Å². The number of amides is 1. The highest BCUT2D eigenvalue weighted by Crippen LogP contribution is 2.23. The minimum atomic E-state index is -0.332. The molecule has 4 nitrogen and oxygen atoms in total. The Morgan fingerprint density at radius 1 is 1.11 bits per heavy atom. The number of carbonyl (C=O) groups is 1. The molecule has 0 aliphatic rings. The van der Waals surface area contributed by atoms with Crippen molar-refractivity contribution in [3.05, 3.63) is 96.0 Å². The Bertz CT molecular complexity index is 982. The van der Waals surface area contributed by atoms with Crippen molar-refractivity contribution in [2.45, 2.75) is 6.54 Å². The van der Waals surface area contributed by atoms with Crippen LogP contribution in [-0.4, -0.2) is 17.4 Å². The Morgan fingerprint density at radius 2 is 1.81 bits per heavy atom. The first-order chi connectivity index (χ1) is 13.1. The van der Waals surface area contributed by atoms with Crippen LogP contribution in [0, 0.1) is 17.1 Å². The number of benzene rings is 2. The Labute approximate surface area is 156 Å². The van der Waals surface area contributed by atoms with Crippen molar-refractivity contribution in [2.24, 2.45) is 0 Å². The van der Waals surface area contributed by atoms with Gasteiger partial charge in [0.25, 0.3) is 5.91 Å². The fraction of sp³-hybridized carbons (Fsp3) is 0.0909. The summed E-state index contributed by atoms with van der Waals surface area (Å²) in [5.74, 6) is 0.0916. The second kappa shape index (κ2) is 8.15.